The van der Waals surface area contributed by atoms with E-state index in [1.165, 1.54) is 0 Å². The van der Waals surface area contributed by atoms with Gasteiger partial charge in [0.25, 0.3) is 0 Å². The molecule has 2 atom stereocenters. The van der Waals surface area contributed by atoms with Crippen molar-refractivity contribution in [2.24, 2.45) is 11.8 Å². The Morgan fingerprint density at radius 1 is 1.33 bits per heavy atom. The zero-order chi connectivity index (χ0) is 15.2. The molecule has 0 radical (unpaired) electrons. The first-order chi connectivity index (χ1) is 10.1. The summed E-state index contributed by atoms with van der Waals surface area (Å²) in [6.45, 7) is 0.435. The zero-order valence-electron chi connectivity index (χ0n) is 12.2. The molecule has 0 aliphatic heterocycles. The summed E-state index contributed by atoms with van der Waals surface area (Å²) >= 11 is 0. The molecule has 21 heavy (non-hydrogen) atoms. The van der Waals surface area contributed by atoms with Gasteiger partial charge in [0, 0.05) is 12.5 Å². The maximum Gasteiger partial charge on any atom is 0.306 e. The number of amides is 1. The van der Waals surface area contributed by atoms with Gasteiger partial charge in [0.15, 0.2) is 0 Å². The number of carboxylic acid groups (broad SMARTS) is 1. The van der Waals surface area contributed by atoms with E-state index in [1.807, 2.05) is 24.3 Å². The molecule has 0 bridgehead atoms. The molecule has 0 spiro atoms. The SMILES string of the molecule is COc1cccc(CNC(=O)C2CCCC(C(=O)O)C2)c1. The first kappa shape index (κ1) is 15.4. The van der Waals surface area contributed by atoms with Crippen molar-refractivity contribution in [3.05, 3.63) is 29.8 Å². The van der Waals surface area contributed by atoms with Crippen LogP contribution < -0.4 is 10.1 Å². The maximum absolute atomic E-state index is 12.2. The van der Waals surface area contributed by atoms with Crippen molar-refractivity contribution in [2.75, 3.05) is 7.11 Å². The number of benzene rings is 1. The summed E-state index contributed by atoms with van der Waals surface area (Å²) in [4.78, 5) is 23.2. The monoisotopic (exact) mass is 291 g/mol. The molecule has 1 aromatic carbocycles. The van der Waals surface area contributed by atoms with Crippen LogP contribution in [0.5, 0.6) is 5.75 Å². The number of methoxy groups -OCH3 is 1. The molecular weight excluding hydrogens is 270 g/mol. The summed E-state index contributed by atoms with van der Waals surface area (Å²) in [7, 11) is 1.60. The van der Waals surface area contributed by atoms with E-state index >= 15 is 0 Å². The molecule has 0 aromatic heterocycles. The normalized spacial score (nSPS) is 21.6. The van der Waals surface area contributed by atoms with Gasteiger partial charge in [-0.05, 0) is 37.0 Å². The summed E-state index contributed by atoms with van der Waals surface area (Å²) < 4.78 is 5.14. The van der Waals surface area contributed by atoms with Crippen LogP contribution in [0.4, 0.5) is 0 Å². The summed E-state index contributed by atoms with van der Waals surface area (Å²) in [6.07, 6.45) is 2.69. The van der Waals surface area contributed by atoms with Crippen LogP contribution in [0.3, 0.4) is 0 Å². The van der Waals surface area contributed by atoms with E-state index < -0.39 is 5.97 Å². The summed E-state index contributed by atoms with van der Waals surface area (Å²) in [5.74, 6) is -0.661. The largest absolute Gasteiger partial charge is 0.497 e. The average molecular weight is 291 g/mol. The smallest absolute Gasteiger partial charge is 0.306 e. The van der Waals surface area contributed by atoms with Crippen LogP contribution in [0.2, 0.25) is 0 Å². The summed E-state index contributed by atoms with van der Waals surface area (Å²) in [6, 6.07) is 7.52. The molecule has 2 unspecified atom stereocenters. The van der Waals surface area contributed by atoms with Gasteiger partial charge in [0.1, 0.15) is 5.75 Å². The third-order valence-electron chi connectivity index (χ3n) is 4.00. The molecule has 5 heteroatoms. The molecule has 1 aromatic rings. The second-order valence-electron chi connectivity index (χ2n) is 5.47. The van der Waals surface area contributed by atoms with Gasteiger partial charge in [0.05, 0.1) is 13.0 Å². The number of aliphatic carboxylic acids is 1. The summed E-state index contributed by atoms with van der Waals surface area (Å²) in [5, 5.41) is 11.9. The predicted octanol–water partition coefficient (Wildman–Crippen LogP) is 2.20. The number of hydrogen-bond acceptors (Lipinski definition) is 3. The second kappa shape index (κ2) is 7.11. The van der Waals surface area contributed by atoms with Gasteiger partial charge in [-0.15, -0.1) is 0 Å². The Bertz CT molecular complexity index is 515. The first-order valence-electron chi connectivity index (χ1n) is 7.23. The molecule has 0 saturated heterocycles. The highest BCUT2D eigenvalue weighted by Crippen LogP contribution is 2.29. The minimum atomic E-state index is -0.791. The van der Waals surface area contributed by atoms with Gasteiger partial charge < -0.3 is 15.2 Å². The molecule has 2 rings (SSSR count). The van der Waals surface area contributed by atoms with Crippen LogP contribution in [0, 0.1) is 11.8 Å². The van der Waals surface area contributed by atoms with Crippen molar-refractivity contribution in [3.8, 4) is 5.75 Å². The Morgan fingerprint density at radius 2 is 2.10 bits per heavy atom. The second-order valence-corrected chi connectivity index (χ2v) is 5.47. The van der Waals surface area contributed by atoms with Gasteiger partial charge in [-0.2, -0.15) is 0 Å². The highest BCUT2D eigenvalue weighted by molar-refractivity contribution is 5.80. The van der Waals surface area contributed by atoms with E-state index in [0.717, 1.165) is 24.2 Å². The van der Waals surface area contributed by atoms with Crippen LogP contribution in [-0.4, -0.2) is 24.1 Å². The molecule has 1 aliphatic rings. The Labute approximate surface area is 124 Å². The number of hydrogen-bond donors (Lipinski definition) is 2. The average Bonchev–Trinajstić information content (AvgIpc) is 2.53. The number of carbonyl (C=O) groups is 2. The van der Waals surface area contributed by atoms with Crippen molar-refractivity contribution in [3.63, 3.8) is 0 Å². The van der Waals surface area contributed by atoms with Gasteiger partial charge in [-0.1, -0.05) is 18.6 Å². The van der Waals surface area contributed by atoms with Crippen molar-refractivity contribution < 1.29 is 19.4 Å². The molecule has 114 valence electrons. The lowest BCUT2D eigenvalue weighted by Crippen LogP contribution is -2.35. The van der Waals surface area contributed by atoms with E-state index in [4.69, 9.17) is 9.84 Å². The maximum atomic E-state index is 12.2. The summed E-state index contributed by atoms with van der Waals surface area (Å²) in [5.41, 5.74) is 0.966. The predicted molar refractivity (Wildman–Crippen MR) is 77.9 cm³/mol. The van der Waals surface area contributed by atoms with E-state index in [9.17, 15) is 9.59 Å². The minimum absolute atomic E-state index is 0.0521. The van der Waals surface area contributed by atoms with Gasteiger partial charge in [-0.3, -0.25) is 9.59 Å². The molecule has 1 saturated carbocycles. The molecular formula is C16H21NO4. The van der Waals surface area contributed by atoms with E-state index in [2.05, 4.69) is 5.32 Å². The van der Waals surface area contributed by atoms with Gasteiger partial charge >= 0.3 is 5.97 Å². The van der Waals surface area contributed by atoms with Gasteiger partial charge in [0.2, 0.25) is 5.91 Å². The molecule has 1 amide bonds. The molecule has 2 N–H and O–H groups in total. The van der Waals surface area contributed by atoms with Crippen LogP contribution in [0.25, 0.3) is 0 Å². The fourth-order valence-electron chi connectivity index (χ4n) is 2.77. The number of rotatable bonds is 5. The lowest BCUT2D eigenvalue weighted by Gasteiger charge is -2.25. The molecule has 1 aliphatic carbocycles. The highest BCUT2D eigenvalue weighted by Gasteiger charge is 2.30. The minimum Gasteiger partial charge on any atom is -0.497 e. The van der Waals surface area contributed by atoms with Crippen molar-refractivity contribution >= 4 is 11.9 Å². The Balaban J connectivity index is 1.87. The number of ether oxygens (including phenoxy) is 1. The first-order valence-corrected chi connectivity index (χ1v) is 7.23. The van der Waals surface area contributed by atoms with E-state index in [1.54, 1.807) is 7.11 Å². The molecule has 0 heterocycles. The number of carbonyl (C=O) groups excluding carboxylic acids is 1. The van der Waals surface area contributed by atoms with Crippen molar-refractivity contribution in [1.29, 1.82) is 0 Å². The van der Waals surface area contributed by atoms with Crippen LogP contribution >= 0.6 is 0 Å². The van der Waals surface area contributed by atoms with Crippen LogP contribution in [-0.2, 0) is 16.1 Å². The third-order valence-corrected chi connectivity index (χ3v) is 4.00. The van der Waals surface area contributed by atoms with Crippen LogP contribution in [0.15, 0.2) is 24.3 Å². The fourth-order valence-corrected chi connectivity index (χ4v) is 2.77. The Hall–Kier alpha value is -2.04. The van der Waals surface area contributed by atoms with Crippen molar-refractivity contribution in [1.82, 2.24) is 5.32 Å². The fraction of sp³-hybridized carbons (Fsp3) is 0.500. The molecule has 1 fully saturated rings. The Kier molecular flexibility index (Phi) is 5.20. The topological polar surface area (TPSA) is 75.6 Å². The molecule has 5 nitrogen and oxygen atoms in total. The third kappa shape index (κ3) is 4.21. The van der Waals surface area contributed by atoms with E-state index in [-0.39, 0.29) is 17.7 Å². The lowest BCUT2D eigenvalue weighted by molar-refractivity contribution is -0.144. The van der Waals surface area contributed by atoms with E-state index in [0.29, 0.717) is 19.4 Å². The Morgan fingerprint density at radius 3 is 2.81 bits per heavy atom. The number of nitrogens with one attached hydrogen (secondary N) is 1. The van der Waals surface area contributed by atoms with Crippen LogP contribution in [0.1, 0.15) is 31.2 Å². The quantitative estimate of drug-likeness (QED) is 0.872. The van der Waals surface area contributed by atoms with Crippen molar-refractivity contribution in [2.45, 2.75) is 32.2 Å². The standard InChI is InChI=1S/C16H21NO4/c1-21-14-7-2-4-11(8-14)10-17-15(18)12-5-3-6-13(9-12)16(19)20/h2,4,7-8,12-13H,3,5-6,9-10H2,1H3,(H,17,18)(H,19,20). The van der Waals surface area contributed by atoms with Gasteiger partial charge in [-0.25, -0.2) is 0 Å². The lowest BCUT2D eigenvalue weighted by atomic mass is 9.81. The number of carboxylic acids is 1. The highest BCUT2D eigenvalue weighted by atomic mass is 16.5. The zero-order valence-corrected chi connectivity index (χ0v) is 12.2.